The summed E-state index contributed by atoms with van der Waals surface area (Å²) in [4.78, 5) is 10.3. The van der Waals surface area contributed by atoms with Crippen LogP contribution < -0.4 is 5.30 Å². The Kier molecular flexibility index (Phi) is 7.79. The van der Waals surface area contributed by atoms with Crippen LogP contribution in [0, 0.1) is 6.92 Å². The lowest BCUT2D eigenvalue weighted by Crippen LogP contribution is -2.02. The molecule has 0 atom stereocenters. The maximum Gasteiger partial charge on any atom is 0.160 e. The van der Waals surface area contributed by atoms with Gasteiger partial charge in [0.15, 0.2) is 5.82 Å². The van der Waals surface area contributed by atoms with Crippen molar-refractivity contribution in [2.45, 2.75) is 6.92 Å². The van der Waals surface area contributed by atoms with E-state index in [1.54, 1.807) is 0 Å². The monoisotopic (exact) mass is 650 g/mol. The molecule has 49 heavy (non-hydrogen) atoms. The minimum atomic E-state index is -2.44. The molecule has 0 saturated heterocycles. The van der Waals surface area contributed by atoms with Crippen LogP contribution in [-0.4, -0.2) is 23.3 Å². The first-order chi connectivity index (χ1) is 23.9. The highest BCUT2D eigenvalue weighted by Crippen LogP contribution is 2.45. The quantitative estimate of drug-likeness (QED) is 0.133. The van der Waals surface area contributed by atoms with Gasteiger partial charge < -0.3 is 4.57 Å². The molecular formula is C45H35N2OP. The van der Waals surface area contributed by atoms with Crippen molar-refractivity contribution in [3.63, 3.8) is 0 Å². The van der Waals surface area contributed by atoms with Crippen LogP contribution in [0.5, 0.6) is 0 Å². The molecule has 7 aromatic carbocycles. The van der Waals surface area contributed by atoms with Gasteiger partial charge in [0.1, 0.15) is 7.14 Å². The topological polar surface area (TPSA) is 42.9 Å². The molecule has 0 amide bonds. The van der Waals surface area contributed by atoms with Gasteiger partial charge in [-0.05, 0) is 76.2 Å². The summed E-state index contributed by atoms with van der Waals surface area (Å²) >= 11 is 0. The number of aromatic nitrogens is 2. The Labute approximate surface area is 287 Å². The standard InChI is InChI=1S/C45H35N2OP/c1-30-43(31-16-6-4-7-17-31)46-45(32-18-8-5-9-19-32)47-44(30)35-22-14-20-33(28-35)41-37-24-10-12-26-39(37)42(40-27-13-11-25-38(40)41)34-21-15-23-36(29-34)49(2,3)48/h4-29H,1-3H3. The molecule has 0 aliphatic heterocycles. The Hall–Kier alpha value is -5.63. The van der Waals surface area contributed by atoms with Crippen LogP contribution in [0.2, 0.25) is 0 Å². The van der Waals surface area contributed by atoms with Crippen LogP contribution in [0.4, 0.5) is 0 Å². The average Bonchev–Trinajstić information content (AvgIpc) is 3.14. The van der Waals surface area contributed by atoms with E-state index in [2.05, 4.69) is 128 Å². The van der Waals surface area contributed by atoms with Gasteiger partial charge in [0.2, 0.25) is 0 Å². The van der Waals surface area contributed by atoms with Crippen molar-refractivity contribution in [3.05, 3.63) is 163 Å². The van der Waals surface area contributed by atoms with Crippen LogP contribution >= 0.6 is 7.14 Å². The van der Waals surface area contributed by atoms with Crippen molar-refractivity contribution in [3.8, 4) is 56.2 Å². The summed E-state index contributed by atoms with van der Waals surface area (Å²) in [5.41, 5.74) is 10.5. The zero-order valence-corrected chi connectivity index (χ0v) is 28.7. The highest BCUT2D eigenvalue weighted by molar-refractivity contribution is 7.70. The van der Waals surface area contributed by atoms with Gasteiger partial charge in [-0.25, -0.2) is 9.97 Å². The molecule has 0 saturated carbocycles. The predicted octanol–water partition coefficient (Wildman–Crippen LogP) is 11.7. The highest BCUT2D eigenvalue weighted by Gasteiger charge is 2.20. The molecule has 0 N–H and O–H groups in total. The summed E-state index contributed by atoms with van der Waals surface area (Å²) in [6, 6.07) is 54.9. The van der Waals surface area contributed by atoms with Crippen molar-refractivity contribution < 1.29 is 4.57 Å². The van der Waals surface area contributed by atoms with Crippen LogP contribution in [0.3, 0.4) is 0 Å². The zero-order chi connectivity index (χ0) is 33.5. The van der Waals surface area contributed by atoms with E-state index in [1.807, 2.05) is 49.7 Å². The number of rotatable bonds is 6. The van der Waals surface area contributed by atoms with Crippen LogP contribution in [0.15, 0.2) is 158 Å². The van der Waals surface area contributed by atoms with Crippen LogP contribution in [-0.2, 0) is 4.57 Å². The highest BCUT2D eigenvalue weighted by atomic mass is 31.2. The first-order valence-electron chi connectivity index (χ1n) is 16.6. The van der Waals surface area contributed by atoms with Crippen molar-refractivity contribution in [1.29, 1.82) is 0 Å². The molecule has 0 bridgehead atoms. The lowest BCUT2D eigenvalue weighted by molar-refractivity contribution is 0.588. The Morgan fingerprint density at radius 2 is 0.837 bits per heavy atom. The van der Waals surface area contributed by atoms with Gasteiger partial charge in [-0.3, -0.25) is 0 Å². The van der Waals surface area contributed by atoms with Crippen LogP contribution in [0.1, 0.15) is 5.56 Å². The van der Waals surface area contributed by atoms with E-state index >= 15 is 0 Å². The number of hydrogen-bond donors (Lipinski definition) is 0. The number of nitrogens with zero attached hydrogens (tertiary/aromatic N) is 2. The second-order valence-electron chi connectivity index (χ2n) is 12.9. The second kappa shape index (κ2) is 12.4. The molecule has 0 spiro atoms. The third-order valence-corrected chi connectivity index (χ3v) is 10.9. The van der Waals surface area contributed by atoms with E-state index < -0.39 is 7.14 Å². The van der Waals surface area contributed by atoms with Crippen molar-refractivity contribution in [1.82, 2.24) is 9.97 Å². The maximum atomic E-state index is 13.1. The normalized spacial score (nSPS) is 11.7. The molecule has 0 radical (unpaired) electrons. The SMILES string of the molecule is Cc1c(-c2ccccc2)nc(-c2ccccc2)nc1-c1cccc(-c2c3ccccc3c(-c3cccc(P(C)(C)=O)c3)c3ccccc23)c1. The lowest BCUT2D eigenvalue weighted by Gasteiger charge is -2.19. The summed E-state index contributed by atoms with van der Waals surface area (Å²) in [7, 11) is -2.44. The number of hydrogen-bond acceptors (Lipinski definition) is 3. The fourth-order valence-corrected chi connectivity index (χ4v) is 7.85. The Bertz CT molecular complexity index is 2500. The van der Waals surface area contributed by atoms with Gasteiger partial charge in [-0.1, -0.05) is 146 Å². The van der Waals surface area contributed by atoms with Crippen molar-refractivity contribution >= 4 is 34.0 Å². The van der Waals surface area contributed by atoms with Gasteiger partial charge >= 0.3 is 0 Å². The van der Waals surface area contributed by atoms with E-state index in [1.165, 1.54) is 16.3 Å². The summed E-state index contributed by atoms with van der Waals surface area (Å²) < 4.78 is 13.1. The molecule has 0 aliphatic rings. The van der Waals surface area contributed by atoms with Gasteiger partial charge in [0.25, 0.3) is 0 Å². The summed E-state index contributed by atoms with van der Waals surface area (Å²) in [6.07, 6.45) is 0. The first-order valence-corrected chi connectivity index (χ1v) is 19.2. The minimum Gasteiger partial charge on any atom is -0.319 e. The lowest BCUT2D eigenvalue weighted by atomic mass is 9.85. The molecule has 4 heteroatoms. The third kappa shape index (κ3) is 5.67. The summed E-state index contributed by atoms with van der Waals surface area (Å²) in [5.74, 6) is 0.705. The largest absolute Gasteiger partial charge is 0.319 e. The number of fused-ring (bicyclic) bond motifs is 2. The molecule has 1 aromatic heterocycles. The Morgan fingerprint density at radius 1 is 0.429 bits per heavy atom. The van der Waals surface area contributed by atoms with Crippen molar-refractivity contribution in [2.24, 2.45) is 0 Å². The second-order valence-corrected chi connectivity index (χ2v) is 16.1. The molecule has 8 rings (SSSR count). The Morgan fingerprint density at radius 3 is 1.37 bits per heavy atom. The first kappa shape index (κ1) is 30.7. The summed E-state index contributed by atoms with van der Waals surface area (Å²) in [5, 5.41) is 5.56. The van der Waals surface area contributed by atoms with Crippen molar-refractivity contribution in [2.75, 3.05) is 13.3 Å². The molecular weight excluding hydrogens is 615 g/mol. The van der Waals surface area contributed by atoms with Gasteiger partial charge in [0, 0.05) is 27.6 Å². The molecule has 236 valence electrons. The predicted molar refractivity (Wildman–Crippen MR) is 208 cm³/mol. The molecule has 0 fully saturated rings. The zero-order valence-electron chi connectivity index (χ0n) is 27.8. The summed E-state index contributed by atoms with van der Waals surface area (Å²) in [6.45, 7) is 5.80. The van der Waals surface area contributed by atoms with Crippen LogP contribution in [0.25, 0.3) is 77.7 Å². The molecule has 1 heterocycles. The minimum absolute atomic E-state index is 0.705. The average molecular weight is 651 g/mol. The molecule has 0 aliphatic carbocycles. The maximum absolute atomic E-state index is 13.1. The number of benzene rings is 7. The van der Waals surface area contributed by atoms with Gasteiger partial charge in [-0.2, -0.15) is 0 Å². The van der Waals surface area contributed by atoms with Gasteiger partial charge in [0.05, 0.1) is 11.4 Å². The smallest absolute Gasteiger partial charge is 0.160 e. The molecule has 3 nitrogen and oxygen atoms in total. The fraction of sp³-hybridized carbons (Fsp3) is 0.0667. The van der Waals surface area contributed by atoms with E-state index in [-0.39, 0.29) is 0 Å². The van der Waals surface area contributed by atoms with E-state index in [4.69, 9.17) is 9.97 Å². The molecule has 0 unspecified atom stereocenters. The molecule has 8 aromatic rings. The van der Waals surface area contributed by atoms with E-state index in [0.29, 0.717) is 5.82 Å². The van der Waals surface area contributed by atoms with Gasteiger partial charge in [-0.15, -0.1) is 0 Å². The van der Waals surface area contributed by atoms with E-state index in [9.17, 15) is 4.57 Å². The third-order valence-electron chi connectivity index (χ3n) is 9.34. The van der Waals surface area contributed by atoms with E-state index in [0.717, 1.165) is 66.4 Å². The Balaban J connectivity index is 1.37. The fourth-order valence-electron chi connectivity index (χ4n) is 6.96.